The average molecular weight is 728 g/mol. The topological polar surface area (TPSA) is 192 Å². The molecule has 0 unspecified atom stereocenters. The predicted octanol–water partition coefficient (Wildman–Crippen LogP) is 4.44. The van der Waals surface area contributed by atoms with Crippen molar-refractivity contribution in [2.24, 2.45) is 0 Å². The highest BCUT2D eigenvalue weighted by Gasteiger charge is 2.39. The molecule has 45 heavy (non-hydrogen) atoms. The molecule has 0 spiro atoms. The van der Waals surface area contributed by atoms with Crippen LogP contribution in [0.15, 0.2) is 40.7 Å². The van der Waals surface area contributed by atoms with Gasteiger partial charge in [0.15, 0.2) is 0 Å². The first-order valence-electron chi connectivity index (χ1n) is 11.9. The molecule has 22 heteroatoms. The summed E-state index contributed by atoms with van der Waals surface area (Å²) in [5, 5.41) is 19.0. The number of carboxylic acids is 2. The lowest BCUT2D eigenvalue weighted by atomic mass is 10.3. The zero-order valence-corrected chi connectivity index (χ0v) is 25.3. The summed E-state index contributed by atoms with van der Waals surface area (Å²) in [5.41, 5.74) is 6.30. The van der Waals surface area contributed by atoms with Gasteiger partial charge < -0.3 is 26.2 Å². The number of nitrogens with two attached hydrogens (primary N) is 1. The molecule has 1 fully saturated rings. The number of nitrogens with one attached hydrogen (secondary N) is 2. The Balaban J connectivity index is 0.000000421. The van der Waals surface area contributed by atoms with E-state index in [4.69, 9.17) is 48.7 Å². The first-order valence-corrected chi connectivity index (χ1v) is 14.9. The number of rotatable bonds is 7. The van der Waals surface area contributed by atoms with Gasteiger partial charge in [-0.05, 0) is 36.1 Å². The quantitative estimate of drug-likeness (QED) is 0.217. The molecule has 0 bridgehead atoms. The van der Waals surface area contributed by atoms with Gasteiger partial charge in [-0.15, -0.1) is 11.3 Å². The average Bonchev–Trinajstić information content (AvgIpc) is 3.50. The molecule has 0 aliphatic carbocycles. The van der Waals surface area contributed by atoms with Gasteiger partial charge in [-0.2, -0.15) is 31.1 Å². The lowest BCUT2D eigenvalue weighted by Crippen LogP contribution is -2.42. The number of anilines is 2. The Morgan fingerprint density at radius 1 is 1.07 bits per heavy atom. The van der Waals surface area contributed by atoms with E-state index in [9.17, 15) is 39.6 Å². The summed E-state index contributed by atoms with van der Waals surface area (Å²) in [5.74, 6) is -5.54. The highest BCUT2D eigenvalue weighted by atomic mass is 35.5. The van der Waals surface area contributed by atoms with Gasteiger partial charge in [0.25, 0.3) is 10.0 Å². The third kappa shape index (κ3) is 11.1. The van der Waals surface area contributed by atoms with E-state index in [1.165, 1.54) is 6.20 Å². The third-order valence-corrected chi connectivity index (χ3v) is 9.09. The number of carbonyl (C=O) groups excluding carboxylic acids is 1. The van der Waals surface area contributed by atoms with Gasteiger partial charge >= 0.3 is 24.3 Å². The number of carboxylic acid groups (broad SMARTS) is 2. The molecule has 2 aromatic heterocycles. The number of carbonyl (C=O) groups is 3. The molecule has 1 saturated heterocycles. The molecular weight excluding hydrogens is 707 g/mol. The SMILES string of the molecule is Nc1nccc(NCCN2CC[C@H](NS(=O)(=O)c3cc4ccc(Cl)cc4s3)C2=O)c1Cl.O=C(O)C(F)(F)F.O=C(O)C(F)(F)F. The van der Waals surface area contributed by atoms with E-state index in [0.29, 0.717) is 41.8 Å². The Hall–Kier alpha value is -3.59. The highest BCUT2D eigenvalue weighted by Crippen LogP contribution is 2.31. The largest absolute Gasteiger partial charge is 0.490 e. The second-order valence-electron chi connectivity index (χ2n) is 8.63. The van der Waals surface area contributed by atoms with Crippen LogP contribution in [-0.2, 0) is 24.4 Å². The van der Waals surface area contributed by atoms with E-state index in [0.717, 1.165) is 21.4 Å². The number of thiophene rings is 1. The van der Waals surface area contributed by atoms with Crippen LogP contribution in [0.2, 0.25) is 10.0 Å². The van der Waals surface area contributed by atoms with Crippen molar-refractivity contribution in [3.05, 3.63) is 46.6 Å². The number of hydrogen-bond donors (Lipinski definition) is 5. The second-order valence-corrected chi connectivity index (χ2v) is 12.5. The zero-order valence-electron chi connectivity index (χ0n) is 22.1. The molecule has 248 valence electrons. The predicted molar refractivity (Wildman–Crippen MR) is 152 cm³/mol. The van der Waals surface area contributed by atoms with Gasteiger partial charge in [-0.25, -0.2) is 23.0 Å². The van der Waals surface area contributed by atoms with Gasteiger partial charge in [0.2, 0.25) is 5.91 Å². The molecule has 12 nitrogen and oxygen atoms in total. The van der Waals surface area contributed by atoms with Gasteiger partial charge in [-0.3, -0.25) is 4.79 Å². The van der Waals surface area contributed by atoms with Gasteiger partial charge in [-0.1, -0.05) is 29.3 Å². The fourth-order valence-corrected chi connectivity index (χ4v) is 6.44. The minimum atomic E-state index is -5.08. The number of hydrogen-bond acceptors (Lipinski definition) is 9. The van der Waals surface area contributed by atoms with Crippen molar-refractivity contribution in [3.63, 3.8) is 0 Å². The molecule has 3 heterocycles. The monoisotopic (exact) mass is 727 g/mol. The lowest BCUT2D eigenvalue weighted by Gasteiger charge is -2.18. The Bertz CT molecular complexity index is 1630. The van der Waals surface area contributed by atoms with Crippen LogP contribution in [0.25, 0.3) is 10.1 Å². The third-order valence-electron chi connectivity index (χ3n) is 5.42. The van der Waals surface area contributed by atoms with Crippen molar-refractivity contribution in [2.75, 3.05) is 30.7 Å². The summed E-state index contributed by atoms with van der Waals surface area (Å²) in [6.07, 6.45) is -8.23. The fourth-order valence-electron chi connectivity index (χ4n) is 3.35. The van der Waals surface area contributed by atoms with E-state index in [1.807, 2.05) is 0 Å². The summed E-state index contributed by atoms with van der Waals surface area (Å²) in [4.78, 5) is 36.0. The maximum absolute atomic E-state index is 12.8. The molecule has 1 aromatic carbocycles. The molecule has 0 radical (unpaired) electrons. The number of likely N-dealkylation sites (tertiary alicyclic amines) is 1. The van der Waals surface area contributed by atoms with Crippen LogP contribution >= 0.6 is 34.5 Å². The number of nitrogen functional groups attached to an aromatic ring is 1. The molecule has 1 aliphatic rings. The minimum Gasteiger partial charge on any atom is -0.475 e. The summed E-state index contributed by atoms with van der Waals surface area (Å²) in [7, 11) is -3.82. The number of nitrogens with zero attached hydrogens (tertiary/aromatic N) is 2. The lowest BCUT2D eigenvalue weighted by molar-refractivity contribution is -0.193. The summed E-state index contributed by atoms with van der Waals surface area (Å²) >= 11 is 13.2. The van der Waals surface area contributed by atoms with Crippen LogP contribution < -0.4 is 15.8 Å². The molecule has 1 aliphatic heterocycles. The van der Waals surface area contributed by atoms with Crippen LogP contribution in [0.4, 0.5) is 37.8 Å². The Morgan fingerprint density at radius 3 is 2.20 bits per heavy atom. The van der Waals surface area contributed by atoms with Crippen LogP contribution in [-0.4, -0.2) is 84.4 Å². The number of benzene rings is 1. The second kappa shape index (κ2) is 15.1. The maximum Gasteiger partial charge on any atom is 0.490 e. The number of amides is 1. The summed E-state index contributed by atoms with van der Waals surface area (Å²) < 4.78 is 92.6. The van der Waals surface area contributed by atoms with Gasteiger partial charge in [0.05, 0.1) is 5.69 Å². The Morgan fingerprint density at radius 2 is 1.64 bits per heavy atom. The van der Waals surface area contributed by atoms with Gasteiger partial charge in [0.1, 0.15) is 21.1 Å². The number of aliphatic carboxylic acids is 2. The standard InChI is InChI=1S/C19H19Cl2N5O3S2.2C2HF3O2/c20-12-2-1-11-9-16(30-15(11)10-12)31(28,29)25-14-4-7-26(19(14)27)8-6-23-13-3-5-24-18(22)17(13)21;2*3-2(4,5)1(6)7/h1-3,5,9-10,14,25H,4,6-8H2,(H3,22,23,24);2*(H,6,7)/t14-;;/m0../s1. The van der Waals surface area contributed by atoms with Crippen molar-refractivity contribution in [3.8, 4) is 0 Å². The van der Waals surface area contributed by atoms with E-state index in [2.05, 4.69) is 15.0 Å². The number of halogens is 8. The van der Waals surface area contributed by atoms with E-state index < -0.39 is 40.4 Å². The summed E-state index contributed by atoms with van der Waals surface area (Å²) in [6, 6.07) is 7.69. The Labute approximate surface area is 263 Å². The van der Waals surface area contributed by atoms with E-state index in [-0.39, 0.29) is 15.9 Å². The van der Waals surface area contributed by atoms with Crippen LogP contribution in [0.1, 0.15) is 6.42 Å². The minimum absolute atomic E-state index is 0.155. The van der Waals surface area contributed by atoms with E-state index in [1.54, 1.807) is 35.2 Å². The van der Waals surface area contributed by atoms with Gasteiger partial charge in [0, 0.05) is 35.6 Å². The van der Waals surface area contributed by atoms with Crippen molar-refractivity contribution >= 4 is 84.0 Å². The zero-order chi connectivity index (χ0) is 34.3. The summed E-state index contributed by atoms with van der Waals surface area (Å²) in [6.45, 7) is 1.30. The van der Waals surface area contributed by atoms with Crippen molar-refractivity contribution in [1.29, 1.82) is 0 Å². The molecular formula is C23H21Cl2F6N5O7S2. The van der Waals surface area contributed by atoms with Crippen LogP contribution in [0.3, 0.4) is 0 Å². The first kappa shape index (κ1) is 37.6. The smallest absolute Gasteiger partial charge is 0.475 e. The molecule has 1 amide bonds. The number of aromatic nitrogens is 1. The molecule has 3 aromatic rings. The normalized spacial score (nSPS) is 15.2. The van der Waals surface area contributed by atoms with Crippen molar-refractivity contribution in [1.82, 2.24) is 14.6 Å². The fraction of sp³-hybridized carbons (Fsp3) is 0.304. The highest BCUT2D eigenvalue weighted by molar-refractivity contribution is 7.91. The number of alkyl halides is 6. The molecule has 0 saturated carbocycles. The van der Waals surface area contributed by atoms with E-state index >= 15 is 0 Å². The maximum atomic E-state index is 12.8. The molecule has 6 N–H and O–H groups in total. The number of fused-ring (bicyclic) bond motifs is 1. The first-order chi connectivity index (χ1) is 20.6. The van der Waals surface area contributed by atoms with Crippen LogP contribution in [0.5, 0.6) is 0 Å². The number of pyridine rings is 1. The molecule has 1 atom stereocenters. The molecule has 4 rings (SSSR count). The van der Waals surface area contributed by atoms with Crippen molar-refractivity contribution < 1.29 is 59.4 Å². The van der Waals surface area contributed by atoms with Crippen molar-refractivity contribution in [2.45, 2.75) is 29.0 Å². The Kier molecular flexibility index (Phi) is 12.6. The van der Waals surface area contributed by atoms with Crippen LogP contribution in [0, 0.1) is 0 Å². The number of sulfonamides is 1.